The maximum atomic E-state index is 11.8. The highest BCUT2D eigenvalue weighted by molar-refractivity contribution is 5.89. The van der Waals surface area contributed by atoms with Gasteiger partial charge in [-0.25, -0.2) is 4.79 Å². The predicted molar refractivity (Wildman–Crippen MR) is 87.6 cm³/mol. The number of aromatic nitrogens is 2. The molecule has 0 aliphatic heterocycles. The molecule has 0 aliphatic carbocycles. The fourth-order valence-corrected chi connectivity index (χ4v) is 1.72. The monoisotopic (exact) mass is 332 g/mol. The third-order valence-electron chi connectivity index (χ3n) is 2.78. The highest BCUT2D eigenvalue weighted by Gasteiger charge is 2.08. The van der Waals surface area contributed by atoms with E-state index in [1.807, 2.05) is 6.92 Å². The number of carbonyl (C=O) groups is 1. The van der Waals surface area contributed by atoms with E-state index in [-0.39, 0.29) is 19.2 Å². The lowest BCUT2D eigenvalue weighted by molar-refractivity contribution is 0.174. The van der Waals surface area contributed by atoms with Crippen molar-refractivity contribution in [2.45, 2.75) is 20.1 Å². The van der Waals surface area contributed by atoms with Crippen LogP contribution in [0.5, 0.6) is 5.75 Å². The van der Waals surface area contributed by atoms with Crippen LogP contribution in [-0.4, -0.2) is 29.9 Å². The number of methoxy groups -OCH3 is 1. The van der Waals surface area contributed by atoms with Gasteiger partial charge in [-0.2, -0.15) is 4.98 Å². The summed E-state index contributed by atoms with van der Waals surface area (Å²) in [5.74, 6) is 1.45. The van der Waals surface area contributed by atoms with Gasteiger partial charge in [-0.15, -0.1) is 0 Å². The number of hydrogen-bond acceptors (Lipinski definition) is 6. The smallest absolute Gasteiger partial charge is 0.319 e. The van der Waals surface area contributed by atoms with Crippen LogP contribution in [0.1, 0.15) is 18.6 Å². The van der Waals surface area contributed by atoms with E-state index in [0.717, 1.165) is 5.57 Å². The number of benzene rings is 1. The molecule has 0 atom stereocenters. The summed E-state index contributed by atoms with van der Waals surface area (Å²) in [6.07, 6.45) is 0. The van der Waals surface area contributed by atoms with Crippen LogP contribution < -0.4 is 15.4 Å². The van der Waals surface area contributed by atoms with Crippen molar-refractivity contribution in [3.05, 3.63) is 48.1 Å². The quantitative estimate of drug-likeness (QED) is 0.721. The summed E-state index contributed by atoms with van der Waals surface area (Å²) in [4.78, 5) is 15.9. The lowest BCUT2D eigenvalue weighted by Crippen LogP contribution is -2.28. The van der Waals surface area contributed by atoms with Crippen molar-refractivity contribution in [1.82, 2.24) is 15.5 Å². The molecule has 2 amide bonds. The molecule has 2 N–H and O–H groups in total. The Bertz CT molecular complexity index is 682. The number of nitrogens with one attached hydrogen (secondary N) is 2. The van der Waals surface area contributed by atoms with Gasteiger partial charge in [-0.3, -0.25) is 0 Å². The predicted octanol–water partition coefficient (Wildman–Crippen LogP) is 2.49. The Hall–Kier alpha value is -2.87. The van der Waals surface area contributed by atoms with Gasteiger partial charge in [0.1, 0.15) is 19.0 Å². The van der Waals surface area contributed by atoms with Crippen molar-refractivity contribution in [2.75, 3.05) is 19.0 Å². The first-order valence-corrected chi connectivity index (χ1v) is 7.29. The molecule has 8 heteroatoms. The first-order chi connectivity index (χ1) is 11.6. The summed E-state index contributed by atoms with van der Waals surface area (Å²) in [5, 5.41) is 9.03. The van der Waals surface area contributed by atoms with Gasteiger partial charge in [0.2, 0.25) is 5.89 Å². The second-order valence-corrected chi connectivity index (χ2v) is 5.12. The van der Waals surface area contributed by atoms with Crippen LogP contribution in [-0.2, 0) is 17.9 Å². The van der Waals surface area contributed by atoms with Crippen LogP contribution in [0.3, 0.4) is 0 Å². The third-order valence-corrected chi connectivity index (χ3v) is 2.78. The molecule has 8 nitrogen and oxygen atoms in total. The second-order valence-electron chi connectivity index (χ2n) is 5.12. The van der Waals surface area contributed by atoms with Crippen molar-refractivity contribution in [3.8, 4) is 5.75 Å². The minimum atomic E-state index is -0.378. The van der Waals surface area contributed by atoms with E-state index in [9.17, 15) is 4.79 Å². The molecule has 2 rings (SSSR count). The molecular formula is C16H20N4O4. The first kappa shape index (κ1) is 17.5. The zero-order valence-electron chi connectivity index (χ0n) is 13.7. The number of rotatable bonds is 8. The van der Waals surface area contributed by atoms with E-state index >= 15 is 0 Å². The Morgan fingerprint density at radius 2 is 2.08 bits per heavy atom. The molecule has 0 fully saturated rings. The topological polar surface area (TPSA) is 98.5 Å². The fraction of sp³-hybridized carbons (Fsp3) is 0.312. The molecule has 0 unspecified atom stereocenters. The van der Waals surface area contributed by atoms with E-state index in [0.29, 0.717) is 29.8 Å². The molecule has 0 radical (unpaired) electrons. The number of anilines is 1. The van der Waals surface area contributed by atoms with Crippen LogP contribution >= 0.6 is 0 Å². The summed E-state index contributed by atoms with van der Waals surface area (Å²) in [6, 6.07) is 6.66. The Morgan fingerprint density at radius 1 is 1.33 bits per heavy atom. The number of amides is 2. The van der Waals surface area contributed by atoms with Gasteiger partial charge in [0.15, 0.2) is 5.82 Å². The van der Waals surface area contributed by atoms with Gasteiger partial charge < -0.3 is 24.6 Å². The van der Waals surface area contributed by atoms with Gasteiger partial charge in [-0.1, -0.05) is 11.7 Å². The highest BCUT2D eigenvalue weighted by atomic mass is 16.5. The van der Waals surface area contributed by atoms with Crippen molar-refractivity contribution < 1.29 is 18.8 Å². The van der Waals surface area contributed by atoms with Crippen LogP contribution in [0.2, 0.25) is 0 Å². The molecule has 0 saturated heterocycles. The first-order valence-electron chi connectivity index (χ1n) is 7.29. The maximum Gasteiger partial charge on any atom is 0.319 e. The van der Waals surface area contributed by atoms with Crippen LogP contribution in [0.25, 0.3) is 0 Å². The standard InChI is InChI=1S/C16H20N4O4/c1-11(2)9-23-13-6-4-12(5-7-13)18-16(21)17-8-15-19-14(10-22-3)20-24-15/h4-7H,1,8-10H2,2-3H3,(H2,17,18,21). The summed E-state index contributed by atoms with van der Waals surface area (Å²) in [7, 11) is 1.54. The van der Waals surface area contributed by atoms with Gasteiger partial charge >= 0.3 is 6.03 Å². The van der Waals surface area contributed by atoms with E-state index < -0.39 is 0 Å². The summed E-state index contributed by atoms with van der Waals surface area (Å²) < 4.78 is 15.3. The summed E-state index contributed by atoms with van der Waals surface area (Å²) in [5.41, 5.74) is 1.58. The van der Waals surface area contributed by atoms with Crippen LogP contribution in [0.4, 0.5) is 10.5 Å². The van der Waals surface area contributed by atoms with E-state index in [1.54, 1.807) is 24.3 Å². The highest BCUT2D eigenvalue weighted by Crippen LogP contribution is 2.16. The van der Waals surface area contributed by atoms with Gasteiger partial charge in [0.25, 0.3) is 0 Å². The molecule has 24 heavy (non-hydrogen) atoms. The van der Waals surface area contributed by atoms with Gasteiger partial charge in [0, 0.05) is 12.8 Å². The number of carbonyl (C=O) groups excluding carboxylic acids is 1. The van der Waals surface area contributed by atoms with E-state index in [1.165, 1.54) is 7.11 Å². The molecule has 0 bridgehead atoms. The zero-order chi connectivity index (χ0) is 17.4. The average Bonchev–Trinajstić information content (AvgIpc) is 3.00. The van der Waals surface area contributed by atoms with Crippen LogP contribution in [0, 0.1) is 0 Å². The van der Waals surface area contributed by atoms with Crippen molar-refractivity contribution in [2.24, 2.45) is 0 Å². The molecule has 1 aromatic heterocycles. The normalized spacial score (nSPS) is 10.2. The summed E-state index contributed by atoms with van der Waals surface area (Å²) >= 11 is 0. The summed E-state index contributed by atoms with van der Waals surface area (Å²) in [6.45, 7) is 6.51. The zero-order valence-corrected chi connectivity index (χ0v) is 13.7. The largest absolute Gasteiger partial charge is 0.489 e. The second kappa shape index (κ2) is 8.68. The molecule has 1 aromatic carbocycles. The SMILES string of the molecule is C=C(C)COc1ccc(NC(=O)NCc2nc(COC)no2)cc1. The molecule has 128 valence electrons. The molecular weight excluding hydrogens is 312 g/mol. The Kier molecular flexibility index (Phi) is 6.32. The minimum absolute atomic E-state index is 0.127. The van der Waals surface area contributed by atoms with E-state index in [4.69, 9.17) is 14.0 Å². The van der Waals surface area contributed by atoms with Gasteiger partial charge in [0.05, 0.1) is 6.54 Å². The Balaban J connectivity index is 1.77. The Morgan fingerprint density at radius 3 is 2.75 bits per heavy atom. The number of nitrogens with zero attached hydrogens (tertiary/aromatic N) is 2. The molecule has 0 saturated carbocycles. The molecule has 1 heterocycles. The lowest BCUT2D eigenvalue weighted by Gasteiger charge is -2.08. The van der Waals surface area contributed by atoms with Crippen molar-refractivity contribution in [1.29, 1.82) is 0 Å². The van der Waals surface area contributed by atoms with Crippen molar-refractivity contribution >= 4 is 11.7 Å². The molecule has 0 aliphatic rings. The Labute approximate surface area is 139 Å². The van der Waals surface area contributed by atoms with Crippen LogP contribution in [0.15, 0.2) is 40.9 Å². The van der Waals surface area contributed by atoms with Gasteiger partial charge in [-0.05, 0) is 36.8 Å². The number of urea groups is 1. The number of hydrogen-bond donors (Lipinski definition) is 2. The minimum Gasteiger partial charge on any atom is -0.489 e. The molecule has 0 spiro atoms. The van der Waals surface area contributed by atoms with E-state index in [2.05, 4.69) is 27.4 Å². The fourth-order valence-electron chi connectivity index (χ4n) is 1.72. The number of ether oxygens (including phenoxy) is 2. The van der Waals surface area contributed by atoms with Crippen molar-refractivity contribution in [3.63, 3.8) is 0 Å². The molecule has 2 aromatic rings. The third kappa shape index (κ3) is 5.73. The lowest BCUT2D eigenvalue weighted by atomic mass is 10.3. The maximum absolute atomic E-state index is 11.8. The average molecular weight is 332 g/mol.